The number of benzene rings is 5. The van der Waals surface area contributed by atoms with E-state index in [-0.39, 0.29) is 0 Å². The Balaban J connectivity index is 1.49. The molecule has 0 fully saturated rings. The molecule has 0 spiro atoms. The molecule has 0 atom stereocenters. The highest BCUT2D eigenvalue weighted by Crippen LogP contribution is 2.41. The molecule has 0 bridgehead atoms. The molecule has 0 aliphatic rings. The standard InChI is InChI=1S/C37H24N2O2/c1-3-23-33(24-13-5-4-12-22(24)2)38-37(30-19-11-17-28-26-15-7-9-21-32(26)41-36(28)30)39-34(23)29-18-10-16-27-25-14-6-8-20-31(25)40-35(27)29/h3-21H,1H2,2H3. The molecular formula is C37H24N2O2. The zero-order chi connectivity index (χ0) is 27.5. The van der Waals surface area contributed by atoms with Gasteiger partial charge in [0.15, 0.2) is 5.82 Å². The number of fused-ring (bicyclic) bond motifs is 6. The monoisotopic (exact) mass is 528 g/mol. The molecule has 0 aliphatic carbocycles. The fraction of sp³-hybridized carbons (Fsp3) is 0.0270. The van der Waals surface area contributed by atoms with Gasteiger partial charge in [0.25, 0.3) is 0 Å². The maximum atomic E-state index is 6.45. The number of para-hydroxylation sites is 4. The minimum Gasteiger partial charge on any atom is -0.455 e. The molecule has 4 heteroatoms. The third-order valence-electron chi connectivity index (χ3n) is 7.85. The van der Waals surface area contributed by atoms with Gasteiger partial charge in [-0.1, -0.05) is 97.6 Å². The van der Waals surface area contributed by atoms with Gasteiger partial charge >= 0.3 is 0 Å². The summed E-state index contributed by atoms with van der Waals surface area (Å²) >= 11 is 0. The average Bonchev–Trinajstić information content (AvgIpc) is 3.59. The van der Waals surface area contributed by atoms with E-state index in [1.54, 1.807) is 0 Å². The molecule has 0 N–H and O–H groups in total. The molecule has 0 radical (unpaired) electrons. The predicted molar refractivity (Wildman–Crippen MR) is 168 cm³/mol. The van der Waals surface area contributed by atoms with Crippen LogP contribution in [0, 0.1) is 6.92 Å². The third kappa shape index (κ3) is 3.54. The number of furan rings is 2. The molecule has 4 nitrogen and oxygen atoms in total. The van der Waals surface area contributed by atoms with Crippen molar-refractivity contribution in [2.24, 2.45) is 0 Å². The van der Waals surface area contributed by atoms with Crippen LogP contribution in [0.3, 0.4) is 0 Å². The van der Waals surface area contributed by atoms with E-state index in [9.17, 15) is 0 Å². The minimum atomic E-state index is 0.585. The first-order valence-corrected chi connectivity index (χ1v) is 13.6. The van der Waals surface area contributed by atoms with Gasteiger partial charge in [-0.3, -0.25) is 0 Å². The average molecular weight is 529 g/mol. The highest BCUT2D eigenvalue weighted by molar-refractivity contribution is 6.11. The Bertz CT molecular complexity index is 2300. The van der Waals surface area contributed by atoms with Gasteiger partial charge in [-0.25, -0.2) is 9.97 Å². The summed E-state index contributed by atoms with van der Waals surface area (Å²) in [4.78, 5) is 10.4. The van der Waals surface area contributed by atoms with Gasteiger partial charge in [0, 0.05) is 38.2 Å². The Morgan fingerprint density at radius 1 is 0.537 bits per heavy atom. The predicted octanol–water partition coefficient (Wildman–Crippen LogP) is 10.2. The van der Waals surface area contributed by atoms with Crippen molar-refractivity contribution in [3.05, 3.63) is 127 Å². The number of aryl methyl sites for hydroxylation is 1. The highest BCUT2D eigenvalue weighted by Gasteiger charge is 2.23. The van der Waals surface area contributed by atoms with Crippen LogP contribution in [-0.2, 0) is 0 Å². The summed E-state index contributed by atoms with van der Waals surface area (Å²) in [7, 11) is 0. The van der Waals surface area contributed by atoms with Gasteiger partial charge in [0.1, 0.15) is 22.3 Å². The molecule has 0 saturated carbocycles. The lowest BCUT2D eigenvalue weighted by Crippen LogP contribution is -2.01. The van der Waals surface area contributed by atoms with Crippen LogP contribution in [0.2, 0.25) is 0 Å². The van der Waals surface area contributed by atoms with Gasteiger partial charge in [-0.2, -0.15) is 0 Å². The van der Waals surface area contributed by atoms with E-state index in [2.05, 4.69) is 62.0 Å². The van der Waals surface area contributed by atoms with Crippen molar-refractivity contribution in [3.8, 4) is 33.9 Å². The van der Waals surface area contributed by atoms with Crippen LogP contribution in [0.25, 0.3) is 83.9 Å². The summed E-state index contributed by atoms with van der Waals surface area (Å²) < 4.78 is 12.9. The van der Waals surface area contributed by atoms with Gasteiger partial charge < -0.3 is 8.83 Å². The maximum Gasteiger partial charge on any atom is 0.164 e. The Morgan fingerprint density at radius 3 is 1.66 bits per heavy atom. The minimum absolute atomic E-state index is 0.585. The van der Waals surface area contributed by atoms with Gasteiger partial charge in [0.2, 0.25) is 0 Å². The first-order valence-electron chi connectivity index (χ1n) is 13.6. The summed E-state index contributed by atoms with van der Waals surface area (Å²) in [6, 6.07) is 36.9. The van der Waals surface area contributed by atoms with E-state index in [1.165, 1.54) is 0 Å². The summed E-state index contributed by atoms with van der Waals surface area (Å²) in [5.74, 6) is 0.585. The van der Waals surface area contributed by atoms with Crippen molar-refractivity contribution in [1.82, 2.24) is 9.97 Å². The fourth-order valence-electron chi connectivity index (χ4n) is 5.89. The Kier molecular flexibility index (Phi) is 5.16. The zero-order valence-corrected chi connectivity index (χ0v) is 22.4. The lowest BCUT2D eigenvalue weighted by atomic mass is 9.96. The van der Waals surface area contributed by atoms with Crippen LogP contribution in [-0.4, -0.2) is 9.97 Å². The Hall–Kier alpha value is -5.48. The molecule has 0 aliphatic heterocycles. The van der Waals surface area contributed by atoms with Crippen molar-refractivity contribution >= 4 is 50.0 Å². The molecule has 8 aromatic rings. The van der Waals surface area contributed by atoms with Crippen molar-refractivity contribution in [2.45, 2.75) is 6.92 Å². The van der Waals surface area contributed by atoms with E-state index in [0.717, 1.165) is 83.1 Å². The normalized spacial score (nSPS) is 11.6. The quantitative estimate of drug-likeness (QED) is 0.228. The topological polar surface area (TPSA) is 52.1 Å². The SMILES string of the molecule is C=Cc1c(-c2ccccc2C)nc(-c2cccc3c2oc2ccccc23)nc1-c1cccc2c1oc1ccccc12. The number of hydrogen-bond donors (Lipinski definition) is 0. The van der Waals surface area contributed by atoms with Crippen LogP contribution in [0.1, 0.15) is 11.1 Å². The van der Waals surface area contributed by atoms with Gasteiger partial charge in [-0.05, 0) is 36.8 Å². The highest BCUT2D eigenvalue weighted by atomic mass is 16.3. The summed E-state index contributed by atoms with van der Waals surface area (Å²) in [5, 5.41) is 4.22. The second-order valence-corrected chi connectivity index (χ2v) is 10.2. The van der Waals surface area contributed by atoms with Crippen LogP contribution >= 0.6 is 0 Å². The molecule has 3 aromatic heterocycles. The number of nitrogens with zero attached hydrogens (tertiary/aromatic N) is 2. The van der Waals surface area contributed by atoms with Crippen molar-refractivity contribution < 1.29 is 8.83 Å². The molecule has 3 heterocycles. The molecule has 0 unspecified atom stereocenters. The van der Waals surface area contributed by atoms with E-state index >= 15 is 0 Å². The second-order valence-electron chi connectivity index (χ2n) is 10.2. The number of rotatable bonds is 4. The molecule has 41 heavy (non-hydrogen) atoms. The molecule has 8 rings (SSSR count). The van der Waals surface area contributed by atoms with Crippen LogP contribution in [0.5, 0.6) is 0 Å². The molecule has 0 saturated heterocycles. The smallest absolute Gasteiger partial charge is 0.164 e. The first-order chi connectivity index (χ1) is 20.2. The van der Waals surface area contributed by atoms with E-state index in [4.69, 9.17) is 18.8 Å². The molecule has 5 aromatic carbocycles. The molecule has 194 valence electrons. The van der Waals surface area contributed by atoms with Crippen molar-refractivity contribution in [1.29, 1.82) is 0 Å². The van der Waals surface area contributed by atoms with E-state index in [0.29, 0.717) is 5.82 Å². The largest absolute Gasteiger partial charge is 0.455 e. The number of aromatic nitrogens is 2. The zero-order valence-electron chi connectivity index (χ0n) is 22.4. The van der Waals surface area contributed by atoms with Crippen LogP contribution in [0.4, 0.5) is 0 Å². The molecule has 0 amide bonds. The van der Waals surface area contributed by atoms with Crippen LogP contribution in [0.15, 0.2) is 125 Å². The summed E-state index contributed by atoms with van der Waals surface area (Å²) in [5.41, 5.74) is 9.55. The summed E-state index contributed by atoms with van der Waals surface area (Å²) in [6.45, 7) is 6.31. The van der Waals surface area contributed by atoms with Gasteiger partial charge in [-0.15, -0.1) is 0 Å². The summed E-state index contributed by atoms with van der Waals surface area (Å²) in [6.07, 6.45) is 1.85. The fourth-order valence-corrected chi connectivity index (χ4v) is 5.89. The third-order valence-corrected chi connectivity index (χ3v) is 7.85. The first kappa shape index (κ1) is 23.4. The van der Waals surface area contributed by atoms with Gasteiger partial charge in [0.05, 0.1) is 17.0 Å². The van der Waals surface area contributed by atoms with E-state index in [1.807, 2.05) is 66.7 Å². The lowest BCUT2D eigenvalue weighted by Gasteiger charge is -2.15. The Labute approximate surface area is 236 Å². The van der Waals surface area contributed by atoms with E-state index < -0.39 is 0 Å². The number of hydrogen-bond acceptors (Lipinski definition) is 4. The second kappa shape index (κ2) is 9.04. The van der Waals surface area contributed by atoms with Crippen molar-refractivity contribution in [2.75, 3.05) is 0 Å². The maximum absolute atomic E-state index is 6.45. The lowest BCUT2D eigenvalue weighted by molar-refractivity contribution is 0.669. The molecular weight excluding hydrogens is 504 g/mol. The van der Waals surface area contributed by atoms with Crippen molar-refractivity contribution in [3.63, 3.8) is 0 Å². The van der Waals surface area contributed by atoms with Crippen LogP contribution < -0.4 is 0 Å². The Morgan fingerprint density at radius 2 is 1.02 bits per heavy atom.